The number of nitrogens with zero attached hydrogens (tertiary/aromatic N) is 4. The Morgan fingerprint density at radius 1 is 1.16 bits per heavy atom. The number of nitriles is 1. The third-order valence-corrected chi connectivity index (χ3v) is 7.34. The Morgan fingerprint density at radius 2 is 2.00 bits per heavy atom. The van der Waals surface area contributed by atoms with E-state index in [1.165, 1.54) is 47.5 Å². The number of anilines is 2. The molecule has 0 spiro atoms. The number of aryl methyl sites for hydroxylation is 2. The van der Waals surface area contributed by atoms with Crippen LogP contribution in [0.3, 0.4) is 0 Å². The topological polar surface area (TPSA) is 78.8 Å². The van der Waals surface area contributed by atoms with Crippen LogP contribution in [0.15, 0.2) is 12.1 Å². The number of nitrogen functional groups attached to an aromatic ring is 1. The molecule has 0 amide bonds. The summed E-state index contributed by atoms with van der Waals surface area (Å²) in [6.45, 7) is 8.88. The van der Waals surface area contributed by atoms with Crippen LogP contribution in [0, 0.1) is 17.2 Å². The predicted octanol–water partition coefficient (Wildman–Crippen LogP) is 5.34. The monoisotopic (exact) mass is 431 g/mol. The molecule has 2 heterocycles. The van der Waals surface area contributed by atoms with E-state index in [1.807, 2.05) is 6.07 Å². The molecule has 2 N–H and O–H groups in total. The minimum atomic E-state index is 0.291. The summed E-state index contributed by atoms with van der Waals surface area (Å²) in [6.07, 6.45) is 9.52. The molecule has 2 atom stereocenters. The molecule has 0 bridgehead atoms. The summed E-state index contributed by atoms with van der Waals surface area (Å²) < 4.78 is 0. The molecule has 2 aliphatic rings. The Kier molecular flexibility index (Phi) is 6.98. The first-order chi connectivity index (χ1) is 15.5. The standard InChI is InChI=1S/C27H37N5/c1-4-7-19-10-12-23(29)22(17-28)26(19)20-9-11-21-24(16-20)30-25(5-2)31-27(21)32-14-6-8-18(3)13-15-32/h10,12,18,20H,4-9,11,13-16,29H2,1-3H3. The number of hydrogen-bond donors (Lipinski definition) is 1. The van der Waals surface area contributed by atoms with Crippen molar-refractivity contribution in [3.8, 4) is 6.07 Å². The molecule has 32 heavy (non-hydrogen) atoms. The van der Waals surface area contributed by atoms with Crippen molar-refractivity contribution < 1.29 is 0 Å². The number of hydrogen-bond acceptors (Lipinski definition) is 5. The number of nitrogens with two attached hydrogens (primary N) is 1. The normalized spacial score (nSPS) is 21.0. The highest BCUT2D eigenvalue weighted by molar-refractivity contribution is 5.62. The van der Waals surface area contributed by atoms with Gasteiger partial charge in [-0.05, 0) is 74.0 Å². The smallest absolute Gasteiger partial charge is 0.135 e. The molecule has 0 saturated carbocycles. The summed E-state index contributed by atoms with van der Waals surface area (Å²) in [5.41, 5.74) is 12.5. The van der Waals surface area contributed by atoms with Crippen molar-refractivity contribution >= 4 is 11.5 Å². The van der Waals surface area contributed by atoms with Gasteiger partial charge in [-0.25, -0.2) is 9.97 Å². The molecule has 0 radical (unpaired) electrons. The minimum Gasteiger partial charge on any atom is -0.398 e. The molecule has 1 aromatic heterocycles. The van der Waals surface area contributed by atoms with Gasteiger partial charge in [0.25, 0.3) is 0 Å². The van der Waals surface area contributed by atoms with Crippen LogP contribution in [0.2, 0.25) is 0 Å². The lowest BCUT2D eigenvalue weighted by Crippen LogP contribution is -2.29. The molecule has 2 aromatic rings. The van der Waals surface area contributed by atoms with E-state index in [2.05, 4.69) is 37.8 Å². The van der Waals surface area contributed by atoms with E-state index in [4.69, 9.17) is 15.7 Å². The van der Waals surface area contributed by atoms with Crippen LogP contribution in [-0.2, 0) is 25.7 Å². The number of fused-ring (bicyclic) bond motifs is 1. The van der Waals surface area contributed by atoms with Crippen LogP contribution in [-0.4, -0.2) is 23.1 Å². The fourth-order valence-electron chi connectivity index (χ4n) is 5.54. The fraction of sp³-hybridized carbons (Fsp3) is 0.593. The highest BCUT2D eigenvalue weighted by Crippen LogP contribution is 2.40. The second-order valence-electron chi connectivity index (χ2n) is 9.67. The summed E-state index contributed by atoms with van der Waals surface area (Å²) >= 11 is 0. The van der Waals surface area contributed by atoms with E-state index in [1.54, 1.807) is 0 Å². The minimum absolute atomic E-state index is 0.291. The van der Waals surface area contributed by atoms with Crippen LogP contribution in [0.1, 0.15) is 92.6 Å². The molecule has 170 valence electrons. The quantitative estimate of drug-likeness (QED) is 0.646. The largest absolute Gasteiger partial charge is 0.398 e. The van der Waals surface area contributed by atoms with Crippen LogP contribution in [0.4, 0.5) is 11.5 Å². The maximum atomic E-state index is 9.90. The van der Waals surface area contributed by atoms with Gasteiger partial charge in [-0.15, -0.1) is 0 Å². The van der Waals surface area contributed by atoms with E-state index < -0.39 is 0 Å². The number of benzene rings is 1. The van der Waals surface area contributed by atoms with Crippen LogP contribution in [0.5, 0.6) is 0 Å². The Bertz CT molecular complexity index is 1010. The van der Waals surface area contributed by atoms with Gasteiger partial charge in [-0.3, -0.25) is 0 Å². The second-order valence-corrected chi connectivity index (χ2v) is 9.67. The summed E-state index contributed by atoms with van der Waals surface area (Å²) in [7, 11) is 0. The molecule has 5 heteroatoms. The average molecular weight is 432 g/mol. The zero-order valence-electron chi connectivity index (χ0n) is 20.0. The average Bonchev–Trinajstić information content (AvgIpc) is 3.03. The summed E-state index contributed by atoms with van der Waals surface area (Å²) in [5, 5.41) is 9.90. The SMILES string of the molecule is CCCc1ccc(N)c(C#N)c1C1CCc2c(nc(CC)nc2N2CCCC(C)CC2)C1. The fourth-order valence-corrected chi connectivity index (χ4v) is 5.54. The second kappa shape index (κ2) is 9.90. The zero-order valence-corrected chi connectivity index (χ0v) is 20.0. The molecule has 2 unspecified atom stereocenters. The molecule has 5 nitrogen and oxygen atoms in total. The Morgan fingerprint density at radius 3 is 2.75 bits per heavy atom. The summed E-state index contributed by atoms with van der Waals surface area (Å²) in [6, 6.07) is 6.45. The van der Waals surface area contributed by atoms with E-state index in [0.29, 0.717) is 17.2 Å². The lowest BCUT2D eigenvalue weighted by atomic mass is 9.78. The van der Waals surface area contributed by atoms with E-state index in [-0.39, 0.29) is 0 Å². The van der Waals surface area contributed by atoms with Gasteiger partial charge in [0.1, 0.15) is 17.7 Å². The lowest BCUT2D eigenvalue weighted by molar-refractivity contribution is 0.520. The van der Waals surface area contributed by atoms with E-state index in [9.17, 15) is 5.26 Å². The first-order valence-corrected chi connectivity index (χ1v) is 12.5. The van der Waals surface area contributed by atoms with Gasteiger partial charge >= 0.3 is 0 Å². The number of aromatic nitrogens is 2. The first kappa shape index (κ1) is 22.6. The van der Waals surface area contributed by atoms with E-state index in [0.717, 1.165) is 63.4 Å². The molecule has 4 rings (SSSR count). The predicted molar refractivity (Wildman–Crippen MR) is 131 cm³/mol. The van der Waals surface area contributed by atoms with Gasteiger partial charge in [-0.2, -0.15) is 5.26 Å². The van der Waals surface area contributed by atoms with E-state index >= 15 is 0 Å². The van der Waals surface area contributed by atoms with Crippen molar-refractivity contribution in [1.82, 2.24) is 9.97 Å². The molecule has 1 saturated heterocycles. The molecule has 1 fully saturated rings. The Hall–Kier alpha value is -2.61. The van der Waals surface area contributed by atoms with Crippen molar-refractivity contribution in [2.75, 3.05) is 23.7 Å². The Balaban J connectivity index is 1.72. The first-order valence-electron chi connectivity index (χ1n) is 12.5. The van der Waals surface area contributed by atoms with Crippen molar-refractivity contribution in [1.29, 1.82) is 5.26 Å². The molecule has 1 aliphatic carbocycles. The van der Waals surface area contributed by atoms with Crippen LogP contribution < -0.4 is 10.6 Å². The van der Waals surface area contributed by atoms with Gasteiger partial charge in [0.2, 0.25) is 0 Å². The number of rotatable bonds is 5. The van der Waals surface area contributed by atoms with Crippen molar-refractivity contribution in [3.63, 3.8) is 0 Å². The Labute approximate surface area is 193 Å². The van der Waals surface area contributed by atoms with Gasteiger partial charge in [0, 0.05) is 30.8 Å². The highest BCUT2D eigenvalue weighted by atomic mass is 15.2. The van der Waals surface area contributed by atoms with Gasteiger partial charge in [0.15, 0.2) is 0 Å². The molecule has 1 aliphatic heterocycles. The van der Waals surface area contributed by atoms with Gasteiger partial charge in [-0.1, -0.05) is 33.3 Å². The molecular weight excluding hydrogens is 394 g/mol. The van der Waals surface area contributed by atoms with Crippen molar-refractivity contribution in [3.05, 3.63) is 45.9 Å². The van der Waals surface area contributed by atoms with Crippen molar-refractivity contribution in [2.24, 2.45) is 5.92 Å². The third kappa shape index (κ3) is 4.46. The lowest BCUT2D eigenvalue weighted by Gasteiger charge is -2.32. The van der Waals surface area contributed by atoms with Gasteiger partial charge < -0.3 is 10.6 Å². The van der Waals surface area contributed by atoms with Crippen molar-refractivity contribution in [2.45, 2.75) is 84.5 Å². The maximum absolute atomic E-state index is 9.90. The summed E-state index contributed by atoms with van der Waals surface area (Å²) in [4.78, 5) is 12.6. The highest BCUT2D eigenvalue weighted by Gasteiger charge is 2.30. The maximum Gasteiger partial charge on any atom is 0.135 e. The summed E-state index contributed by atoms with van der Waals surface area (Å²) in [5.74, 6) is 3.20. The van der Waals surface area contributed by atoms with Gasteiger partial charge in [0.05, 0.1) is 11.3 Å². The van der Waals surface area contributed by atoms with Crippen LogP contribution in [0.25, 0.3) is 0 Å². The van der Waals surface area contributed by atoms with Crippen LogP contribution >= 0.6 is 0 Å². The molecule has 1 aromatic carbocycles. The zero-order chi connectivity index (χ0) is 22.7. The molecular formula is C27H37N5. The third-order valence-electron chi connectivity index (χ3n) is 7.34.